The summed E-state index contributed by atoms with van der Waals surface area (Å²) in [7, 11) is 0. The number of hydrogen-bond donors (Lipinski definition) is 0. The van der Waals surface area contributed by atoms with Gasteiger partial charge in [-0.2, -0.15) is 13.2 Å². The van der Waals surface area contributed by atoms with Gasteiger partial charge in [-0.3, -0.25) is 9.69 Å². The molecule has 0 spiro atoms. The molecule has 0 aliphatic carbocycles. The normalized spacial score (nSPS) is 16.0. The maximum absolute atomic E-state index is 12.9. The first-order chi connectivity index (χ1) is 14.3. The third-order valence-corrected chi connectivity index (χ3v) is 5.81. The molecule has 1 fully saturated rings. The van der Waals surface area contributed by atoms with Crippen LogP contribution in [0.1, 0.15) is 16.9 Å². The summed E-state index contributed by atoms with van der Waals surface area (Å²) in [5, 5.41) is 0. The van der Waals surface area contributed by atoms with Crippen LogP contribution in [0.25, 0.3) is 17.4 Å². The Balaban J connectivity index is 1.55. The van der Waals surface area contributed by atoms with Crippen molar-refractivity contribution in [2.75, 3.05) is 0 Å². The SMILES string of the molecule is O=C1/C(=C\c2ccc(-c3cccc(C(F)(F)F)c3)o2)SC(=S)N1Cc1ccccc1. The Kier molecular flexibility index (Phi) is 5.53. The molecule has 3 aromatic rings. The van der Waals surface area contributed by atoms with Crippen LogP contribution in [0.5, 0.6) is 0 Å². The summed E-state index contributed by atoms with van der Waals surface area (Å²) in [6.45, 7) is 0.372. The quantitative estimate of drug-likeness (QED) is 0.345. The average molecular weight is 445 g/mol. The van der Waals surface area contributed by atoms with Crippen LogP contribution in [0.2, 0.25) is 0 Å². The Morgan fingerprint density at radius 3 is 2.53 bits per heavy atom. The minimum Gasteiger partial charge on any atom is -0.457 e. The number of alkyl halides is 3. The average Bonchev–Trinajstić information content (AvgIpc) is 3.29. The molecule has 1 aromatic heterocycles. The fourth-order valence-electron chi connectivity index (χ4n) is 2.97. The van der Waals surface area contributed by atoms with Gasteiger partial charge in [-0.1, -0.05) is 66.4 Å². The van der Waals surface area contributed by atoms with E-state index in [9.17, 15) is 18.0 Å². The Morgan fingerprint density at radius 1 is 1.03 bits per heavy atom. The molecule has 0 saturated carbocycles. The predicted molar refractivity (Wildman–Crippen MR) is 114 cm³/mol. The van der Waals surface area contributed by atoms with Gasteiger partial charge in [0, 0.05) is 11.6 Å². The summed E-state index contributed by atoms with van der Waals surface area (Å²) in [6, 6.07) is 17.6. The lowest BCUT2D eigenvalue weighted by Crippen LogP contribution is -2.27. The van der Waals surface area contributed by atoms with Crippen molar-refractivity contribution in [1.82, 2.24) is 4.90 Å². The zero-order chi connectivity index (χ0) is 21.3. The second-order valence-electron chi connectivity index (χ2n) is 6.53. The van der Waals surface area contributed by atoms with Gasteiger partial charge in [-0.05, 0) is 29.8 Å². The van der Waals surface area contributed by atoms with E-state index in [1.807, 2.05) is 30.3 Å². The number of hydrogen-bond acceptors (Lipinski definition) is 4. The highest BCUT2D eigenvalue weighted by Crippen LogP contribution is 2.35. The zero-order valence-electron chi connectivity index (χ0n) is 15.3. The van der Waals surface area contributed by atoms with Crippen molar-refractivity contribution in [1.29, 1.82) is 0 Å². The van der Waals surface area contributed by atoms with E-state index in [1.165, 1.54) is 28.8 Å². The Labute approximate surface area is 180 Å². The highest BCUT2D eigenvalue weighted by Gasteiger charge is 2.32. The van der Waals surface area contributed by atoms with Crippen molar-refractivity contribution >= 4 is 40.3 Å². The molecular formula is C22H14F3NO2S2. The molecule has 0 unspecified atom stereocenters. The molecule has 3 nitrogen and oxygen atoms in total. The van der Waals surface area contributed by atoms with Gasteiger partial charge >= 0.3 is 6.18 Å². The van der Waals surface area contributed by atoms with Gasteiger partial charge in [0.1, 0.15) is 15.8 Å². The lowest BCUT2D eigenvalue weighted by atomic mass is 10.1. The van der Waals surface area contributed by atoms with Crippen molar-refractivity contribution in [2.24, 2.45) is 0 Å². The molecule has 2 aromatic carbocycles. The summed E-state index contributed by atoms with van der Waals surface area (Å²) in [5.41, 5.74) is 0.515. The maximum Gasteiger partial charge on any atom is 0.416 e. The molecule has 30 heavy (non-hydrogen) atoms. The van der Waals surface area contributed by atoms with Gasteiger partial charge in [-0.15, -0.1) is 0 Å². The third-order valence-electron chi connectivity index (χ3n) is 4.43. The van der Waals surface area contributed by atoms with Gasteiger partial charge in [0.15, 0.2) is 0 Å². The number of nitrogens with zero attached hydrogens (tertiary/aromatic N) is 1. The van der Waals surface area contributed by atoms with E-state index in [0.717, 1.165) is 17.7 Å². The number of furan rings is 1. The molecule has 152 valence electrons. The molecule has 4 rings (SSSR count). The molecule has 2 heterocycles. The van der Waals surface area contributed by atoms with Crippen LogP contribution in [-0.2, 0) is 17.5 Å². The largest absolute Gasteiger partial charge is 0.457 e. The maximum atomic E-state index is 12.9. The molecule has 1 aliphatic rings. The van der Waals surface area contributed by atoms with Gasteiger partial charge < -0.3 is 4.42 Å². The number of thiocarbonyl (C=S) groups is 1. The Hall–Kier alpha value is -2.84. The first-order valence-corrected chi connectivity index (χ1v) is 10.1. The van der Waals surface area contributed by atoms with E-state index in [-0.39, 0.29) is 11.7 Å². The second-order valence-corrected chi connectivity index (χ2v) is 8.21. The molecule has 1 saturated heterocycles. The third kappa shape index (κ3) is 4.34. The number of rotatable bonds is 4. The number of carbonyl (C=O) groups is 1. The first-order valence-electron chi connectivity index (χ1n) is 8.88. The summed E-state index contributed by atoms with van der Waals surface area (Å²) < 4.78 is 44.9. The van der Waals surface area contributed by atoms with Crippen LogP contribution in [0.15, 0.2) is 76.1 Å². The molecule has 0 atom stereocenters. The minimum atomic E-state index is -4.43. The van der Waals surface area contributed by atoms with Crippen molar-refractivity contribution in [3.63, 3.8) is 0 Å². The summed E-state index contributed by atoms with van der Waals surface area (Å²) in [4.78, 5) is 14.7. The topological polar surface area (TPSA) is 33.5 Å². The van der Waals surface area contributed by atoms with Crippen molar-refractivity contribution in [2.45, 2.75) is 12.7 Å². The summed E-state index contributed by atoms with van der Waals surface area (Å²) >= 11 is 6.50. The van der Waals surface area contributed by atoms with E-state index in [2.05, 4.69) is 0 Å². The van der Waals surface area contributed by atoms with Gasteiger partial charge in [0.25, 0.3) is 5.91 Å². The van der Waals surface area contributed by atoms with E-state index in [0.29, 0.717) is 27.1 Å². The molecule has 0 radical (unpaired) electrons. The molecule has 1 aliphatic heterocycles. The highest BCUT2D eigenvalue weighted by atomic mass is 32.2. The van der Waals surface area contributed by atoms with E-state index in [4.69, 9.17) is 16.6 Å². The van der Waals surface area contributed by atoms with Crippen LogP contribution in [0.4, 0.5) is 13.2 Å². The van der Waals surface area contributed by atoms with Crippen molar-refractivity contribution in [3.8, 4) is 11.3 Å². The monoisotopic (exact) mass is 445 g/mol. The van der Waals surface area contributed by atoms with Crippen LogP contribution in [0, 0.1) is 0 Å². The fraction of sp³-hybridized carbons (Fsp3) is 0.0909. The Bertz CT molecular complexity index is 1140. The van der Waals surface area contributed by atoms with Crippen molar-refractivity contribution in [3.05, 3.63) is 88.5 Å². The van der Waals surface area contributed by atoms with Gasteiger partial charge in [0.05, 0.1) is 17.0 Å². The lowest BCUT2D eigenvalue weighted by Gasteiger charge is -2.14. The molecule has 1 amide bonds. The van der Waals surface area contributed by atoms with Gasteiger partial charge in [0.2, 0.25) is 0 Å². The van der Waals surface area contributed by atoms with Crippen LogP contribution < -0.4 is 0 Å². The van der Waals surface area contributed by atoms with Crippen LogP contribution in [-0.4, -0.2) is 15.1 Å². The number of thioether (sulfide) groups is 1. The zero-order valence-corrected chi connectivity index (χ0v) is 17.0. The van der Waals surface area contributed by atoms with Gasteiger partial charge in [-0.25, -0.2) is 0 Å². The second kappa shape index (κ2) is 8.12. The molecule has 0 N–H and O–H groups in total. The highest BCUT2D eigenvalue weighted by molar-refractivity contribution is 8.26. The van der Waals surface area contributed by atoms with E-state index < -0.39 is 11.7 Å². The Morgan fingerprint density at radius 2 is 1.80 bits per heavy atom. The predicted octanol–water partition coefficient (Wildman–Crippen LogP) is 6.37. The summed E-state index contributed by atoms with van der Waals surface area (Å²) in [5.74, 6) is 0.417. The van der Waals surface area contributed by atoms with E-state index >= 15 is 0 Å². The number of benzene rings is 2. The fourth-order valence-corrected chi connectivity index (χ4v) is 4.20. The lowest BCUT2D eigenvalue weighted by molar-refractivity contribution is -0.137. The van der Waals surface area contributed by atoms with E-state index in [1.54, 1.807) is 18.2 Å². The van der Waals surface area contributed by atoms with Crippen molar-refractivity contribution < 1.29 is 22.4 Å². The first kappa shape index (κ1) is 20.4. The molecule has 8 heteroatoms. The number of carbonyl (C=O) groups excluding carboxylic acids is 1. The number of amides is 1. The molecule has 0 bridgehead atoms. The smallest absolute Gasteiger partial charge is 0.416 e. The van der Waals surface area contributed by atoms with Crippen LogP contribution >= 0.6 is 24.0 Å². The molecular weight excluding hydrogens is 431 g/mol. The number of halogens is 3. The summed E-state index contributed by atoms with van der Waals surface area (Å²) in [6.07, 6.45) is -2.88. The minimum absolute atomic E-state index is 0.231. The standard InChI is InChI=1S/C22H14F3NO2S2/c23-22(24,25)16-8-4-7-15(11-16)18-10-9-17(28-18)12-19-20(27)26(21(29)30-19)13-14-5-2-1-3-6-14/h1-12H,13H2/b19-12+. The van der Waals surface area contributed by atoms with Crippen LogP contribution in [0.3, 0.4) is 0 Å².